The van der Waals surface area contributed by atoms with Gasteiger partial charge in [0.25, 0.3) is 5.91 Å². The topological polar surface area (TPSA) is 115 Å². The molecule has 0 fully saturated rings. The molecule has 0 aliphatic carbocycles. The van der Waals surface area contributed by atoms with Crippen LogP contribution in [0.5, 0.6) is 0 Å². The molecule has 0 saturated carbocycles. The monoisotopic (exact) mass is 577 g/mol. The summed E-state index contributed by atoms with van der Waals surface area (Å²) in [5, 5.41) is 13.6. The molecule has 0 aliphatic rings. The van der Waals surface area contributed by atoms with Crippen LogP contribution in [0.2, 0.25) is 0 Å². The van der Waals surface area contributed by atoms with Crippen LogP contribution < -0.4 is 9.62 Å². The first-order valence-corrected chi connectivity index (χ1v) is 14.4. The quantitative estimate of drug-likeness (QED) is 0.237. The number of carbonyl (C=O) groups excluding carboxylic acids is 1. The fourth-order valence-electron chi connectivity index (χ4n) is 5.06. The van der Waals surface area contributed by atoms with Gasteiger partial charge in [0.2, 0.25) is 0 Å². The molecule has 3 heterocycles. The molecule has 6 aromatic rings. The predicted octanol–water partition coefficient (Wildman–Crippen LogP) is 6.41. The molecule has 1 atom stereocenters. The minimum absolute atomic E-state index is 0.297. The molecule has 0 aliphatic heterocycles. The van der Waals surface area contributed by atoms with E-state index in [2.05, 4.69) is 21.4 Å². The highest BCUT2D eigenvalue weighted by Crippen LogP contribution is 2.41. The van der Waals surface area contributed by atoms with Gasteiger partial charge >= 0.3 is 0 Å². The van der Waals surface area contributed by atoms with Gasteiger partial charge in [-0.25, -0.2) is 8.60 Å². The highest BCUT2D eigenvalue weighted by Gasteiger charge is 2.25. The lowest BCUT2D eigenvalue weighted by molar-refractivity contribution is 0.0964. The number of nitrogens with one attached hydrogen (secondary N) is 2. The van der Waals surface area contributed by atoms with Gasteiger partial charge in [-0.15, -0.1) is 0 Å². The SMILES string of the molecule is CNC(=O)c1c(-c2ccc(F)cc2)oc2cc(N(C)S(C)=O)c(-c3cncc(-c4cc5c(C#N)cccc5[nH]4)c3)cc12. The normalized spacial score (nSPS) is 11.9. The summed E-state index contributed by atoms with van der Waals surface area (Å²) in [4.78, 5) is 21.0. The minimum atomic E-state index is -1.38. The van der Waals surface area contributed by atoms with Crippen LogP contribution in [0.1, 0.15) is 15.9 Å². The van der Waals surface area contributed by atoms with Crippen molar-refractivity contribution in [2.75, 3.05) is 24.7 Å². The van der Waals surface area contributed by atoms with Crippen molar-refractivity contribution in [3.63, 3.8) is 0 Å². The largest absolute Gasteiger partial charge is 0.455 e. The van der Waals surface area contributed by atoms with Crippen LogP contribution in [0.15, 0.2) is 83.5 Å². The molecular weight excluding hydrogens is 553 g/mol. The van der Waals surface area contributed by atoms with Gasteiger partial charge in [-0.1, -0.05) is 6.07 Å². The smallest absolute Gasteiger partial charge is 0.255 e. The van der Waals surface area contributed by atoms with Crippen LogP contribution in [0.25, 0.3) is 55.6 Å². The molecule has 3 aromatic carbocycles. The summed E-state index contributed by atoms with van der Waals surface area (Å²) in [5.41, 5.74) is 6.22. The van der Waals surface area contributed by atoms with E-state index < -0.39 is 16.8 Å². The number of furan rings is 1. The zero-order valence-electron chi connectivity index (χ0n) is 22.9. The van der Waals surface area contributed by atoms with E-state index in [9.17, 15) is 18.7 Å². The van der Waals surface area contributed by atoms with E-state index in [0.717, 1.165) is 22.2 Å². The minimum Gasteiger partial charge on any atom is -0.455 e. The van der Waals surface area contributed by atoms with Gasteiger partial charge < -0.3 is 14.7 Å². The lowest BCUT2D eigenvalue weighted by atomic mass is 9.98. The van der Waals surface area contributed by atoms with E-state index in [1.165, 1.54) is 19.2 Å². The number of halogens is 1. The van der Waals surface area contributed by atoms with Crippen LogP contribution in [-0.4, -0.2) is 40.4 Å². The zero-order valence-corrected chi connectivity index (χ0v) is 23.7. The summed E-state index contributed by atoms with van der Waals surface area (Å²) >= 11 is 0. The molecule has 42 heavy (non-hydrogen) atoms. The zero-order chi connectivity index (χ0) is 29.5. The van der Waals surface area contributed by atoms with Gasteiger partial charge in [0, 0.05) is 83.0 Å². The number of fused-ring (bicyclic) bond motifs is 2. The number of aromatic amines is 1. The molecule has 1 amide bonds. The third kappa shape index (κ3) is 4.60. The Bertz CT molecular complexity index is 2070. The van der Waals surface area contributed by atoms with Crippen LogP contribution in [0, 0.1) is 17.1 Å². The third-order valence-electron chi connectivity index (χ3n) is 7.24. The van der Waals surface area contributed by atoms with Crippen molar-refractivity contribution in [1.82, 2.24) is 15.3 Å². The number of rotatable bonds is 6. The van der Waals surface area contributed by atoms with E-state index in [1.807, 2.05) is 30.3 Å². The van der Waals surface area contributed by atoms with Gasteiger partial charge in [-0.2, -0.15) is 5.26 Å². The van der Waals surface area contributed by atoms with Crippen LogP contribution in [0.3, 0.4) is 0 Å². The van der Waals surface area contributed by atoms with Crippen molar-refractivity contribution in [3.8, 4) is 39.8 Å². The molecule has 8 nitrogen and oxygen atoms in total. The average molecular weight is 578 g/mol. The first-order chi connectivity index (χ1) is 20.3. The van der Waals surface area contributed by atoms with Crippen molar-refractivity contribution in [3.05, 3.63) is 96.1 Å². The van der Waals surface area contributed by atoms with E-state index in [-0.39, 0.29) is 5.91 Å². The standard InChI is InChI=1S/C32H24FN5O3S/c1-35-32(39)30-25-12-24(20-11-21(17-36-16-20)27-13-23-19(15-34)5-4-6-26(23)37-27)28(38(2)42(3)40)14-29(25)41-31(30)18-7-9-22(33)10-8-18/h4-14,16-17,37H,1-3H3,(H,35,39). The van der Waals surface area contributed by atoms with Gasteiger partial charge in [-0.3, -0.25) is 14.1 Å². The Labute approximate surface area is 243 Å². The molecule has 208 valence electrons. The molecule has 0 bridgehead atoms. The first kappa shape index (κ1) is 26.9. The van der Waals surface area contributed by atoms with Crippen LogP contribution in [-0.2, 0) is 11.0 Å². The highest BCUT2D eigenvalue weighted by molar-refractivity contribution is 7.85. The van der Waals surface area contributed by atoms with E-state index >= 15 is 0 Å². The summed E-state index contributed by atoms with van der Waals surface area (Å²) in [5.74, 6) is -0.470. The number of benzene rings is 3. The maximum atomic E-state index is 13.7. The Morgan fingerprint density at radius 3 is 2.52 bits per heavy atom. The Kier molecular flexibility index (Phi) is 6.80. The summed E-state index contributed by atoms with van der Waals surface area (Å²) in [6.45, 7) is 0. The third-order valence-corrected chi connectivity index (χ3v) is 8.20. The number of hydrogen-bond donors (Lipinski definition) is 2. The van der Waals surface area contributed by atoms with E-state index in [1.54, 1.807) is 54.3 Å². The lowest BCUT2D eigenvalue weighted by Crippen LogP contribution is -2.20. The van der Waals surface area contributed by atoms with Crippen LogP contribution >= 0.6 is 0 Å². The lowest BCUT2D eigenvalue weighted by Gasteiger charge is -2.20. The number of amides is 1. The molecule has 1 unspecified atom stereocenters. The molecule has 0 saturated heterocycles. The first-order valence-electron chi connectivity index (χ1n) is 12.9. The van der Waals surface area contributed by atoms with Gasteiger partial charge in [0.05, 0.1) is 22.9 Å². The van der Waals surface area contributed by atoms with Crippen molar-refractivity contribution in [1.29, 1.82) is 5.26 Å². The number of nitriles is 1. The summed E-state index contributed by atoms with van der Waals surface area (Å²) in [7, 11) is 1.87. The van der Waals surface area contributed by atoms with E-state index in [0.29, 0.717) is 50.2 Å². The van der Waals surface area contributed by atoms with Crippen molar-refractivity contribution in [2.24, 2.45) is 0 Å². The maximum absolute atomic E-state index is 13.7. The van der Waals surface area contributed by atoms with Gasteiger partial charge in [-0.05, 0) is 54.6 Å². The van der Waals surface area contributed by atoms with Crippen molar-refractivity contribution >= 4 is 44.5 Å². The molecule has 3 aromatic heterocycles. The summed E-state index contributed by atoms with van der Waals surface area (Å²) < 4.78 is 34.1. The predicted molar refractivity (Wildman–Crippen MR) is 163 cm³/mol. The molecular formula is C32H24FN5O3S. The molecule has 6 rings (SSSR count). The number of aromatic nitrogens is 2. The molecule has 2 N–H and O–H groups in total. The second-order valence-electron chi connectivity index (χ2n) is 9.70. The number of carbonyl (C=O) groups is 1. The van der Waals surface area contributed by atoms with Crippen molar-refractivity contribution < 1.29 is 17.8 Å². The Balaban J connectivity index is 1.58. The average Bonchev–Trinajstić information content (AvgIpc) is 3.62. The van der Waals surface area contributed by atoms with Crippen LogP contribution in [0.4, 0.5) is 10.1 Å². The molecule has 0 spiro atoms. The fraction of sp³-hybridized carbons (Fsp3) is 0.0938. The fourth-order valence-corrected chi connectivity index (χ4v) is 5.49. The number of nitrogens with zero attached hydrogens (tertiary/aromatic N) is 3. The Morgan fingerprint density at radius 1 is 1.05 bits per heavy atom. The van der Waals surface area contributed by atoms with Gasteiger partial charge in [0.1, 0.15) is 28.1 Å². The second kappa shape index (κ2) is 10.6. The molecule has 0 radical (unpaired) electrons. The summed E-state index contributed by atoms with van der Waals surface area (Å²) in [6.07, 6.45) is 4.99. The summed E-state index contributed by atoms with van der Waals surface area (Å²) in [6, 6.07) is 20.9. The Hall–Kier alpha value is -5.27. The maximum Gasteiger partial charge on any atom is 0.255 e. The number of H-pyrrole nitrogens is 1. The number of hydrogen-bond acceptors (Lipinski definition) is 5. The number of pyridine rings is 1. The van der Waals surface area contributed by atoms with Gasteiger partial charge in [0.15, 0.2) is 0 Å². The Morgan fingerprint density at radius 2 is 1.81 bits per heavy atom. The highest BCUT2D eigenvalue weighted by atomic mass is 32.2. The molecule has 10 heteroatoms. The van der Waals surface area contributed by atoms with E-state index in [4.69, 9.17) is 4.42 Å². The van der Waals surface area contributed by atoms with Crippen molar-refractivity contribution in [2.45, 2.75) is 0 Å². The number of anilines is 1. The second-order valence-corrected chi connectivity index (χ2v) is 11.1.